The summed E-state index contributed by atoms with van der Waals surface area (Å²) < 4.78 is 32.3. The van der Waals surface area contributed by atoms with Crippen molar-refractivity contribution in [3.8, 4) is 11.5 Å². The van der Waals surface area contributed by atoms with Crippen molar-refractivity contribution in [3.05, 3.63) is 53.6 Å². The first kappa shape index (κ1) is 26.2. The molecule has 1 aliphatic rings. The lowest BCUT2D eigenvalue weighted by molar-refractivity contribution is -0.135. The first-order valence-corrected chi connectivity index (χ1v) is 13.2. The highest BCUT2D eigenvalue weighted by atomic mass is 35.5. The number of sulfonamides is 1. The number of piperazine rings is 1. The molecule has 1 fully saturated rings. The zero-order chi connectivity index (χ0) is 24.9. The van der Waals surface area contributed by atoms with Gasteiger partial charge in [0.15, 0.2) is 0 Å². The van der Waals surface area contributed by atoms with E-state index in [1.54, 1.807) is 54.0 Å². The Hall–Kier alpha value is -2.37. The number of benzene rings is 2. The summed E-state index contributed by atoms with van der Waals surface area (Å²) >= 11 is 5.90. The maximum Gasteiger partial charge on any atom is 0.262 e. The van der Waals surface area contributed by atoms with Gasteiger partial charge in [-0.3, -0.25) is 24.1 Å². The Morgan fingerprint density at radius 2 is 1.53 bits per heavy atom. The highest BCUT2D eigenvalue weighted by molar-refractivity contribution is 7.92. The quantitative estimate of drug-likeness (QED) is 0.395. The lowest BCUT2D eigenvalue weighted by Crippen LogP contribution is -2.59. The molecule has 0 spiro atoms. The van der Waals surface area contributed by atoms with Crippen molar-refractivity contribution in [1.82, 2.24) is 15.3 Å². The second-order valence-corrected chi connectivity index (χ2v) is 10.8. The number of anilines is 1. The van der Waals surface area contributed by atoms with Crippen LogP contribution in [0.2, 0.25) is 5.02 Å². The number of carbonyl (C=O) groups excluding carboxylic acids is 1. The zero-order valence-electron chi connectivity index (χ0n) is 19.5. The third-order valence-corrected chi connectivity index (χ3v) is 7.26. The predicted octanol–water partition coefficient (Wildman–Crippen LogP) is 2.80. The average molecular weight is 511 g/mol. The summed E-state index contributed by atoms with van der Waals surface area (Å²) in [7, 11) is -3.72. The molecule has 0 saturated carbocycles. The molecule has 186 valence electrons. The topological polar surface area (TPSA) is 102 Å². The molecule has 1 aliphatic heterocycles. The van der Waals surface area contributed by atoms with E-state index in [2.05, 4.69) is 18.7 Å². The van der Waals surface area contributed by atoms with Gasteiger partial charge in [-0.2, -0.15) is 0 Å². The van der Waals surface area contributed by atoms with Gasteiger partial charge in [-0.1, -0.05) is 11.6 Å². The minimum absolute atomic E-state index is 0.135. The molecule has 1 amide bonds. The minimum atomic E-state index is -3.72. The van der Waals surface area contributed by atoms with E-state index in [0.29, 0.717) is 41.3 Å². The van der Waals surface area contributed by atoms with Gasteiger partial charge in [-0.05, 0) is 62.4 Å². The Kier molecular flexibility index (Phi) is 8.78. The molecule has 1 atom stereocenters. The molecule has 9 nitrogen and oxygen atoms in total. The maximum atomic E-state index is 12.7. The summed E-state index contributed by atoms with van der Waals surface area (Å²) in [6.45, 7) is 6.76. The highest BCUT2D eigenvalue weighted by Crippen LogP contribution is 2.27. The molecule has 2 aromatic carbocycles. The Morgan fingerprint density at radius 3 is 2.00 bits per heavy atom. The van der Waals surface area contributed by atoms with Crippen LogP contribution in [-0.4, -0.2) is 80.4 Å². The Morgan fingerprint density at radius 1 is 1.03 bits per heavy atom. The molecular formula is C23H31ClN4O5S. The standard InChI is InChI=1S/C23H31ClN4O5S/c1-17(2)26-12-14-27(15-13-26)22(23(29)25-30)16-28(34(3,31)32)19-6-10-21(11-7-19)33-20-8-4-18(24)5-9-20/h4-11,17,22,30H,12-16H2,1-3H3,(H,25,29)/t22-/m0/s1. The number of hydrogen-bond acceptors (Lipinski definition) is 7. The number of ether oxygens (including phenoxy) is 1. The van der Waals surface area contributed by atoms with Gasteiger partial charge in [0, 0.05) is 37.2 Å². The van der Waals surface area contributed by atoms with Crippen LogP contribution < -0.4 is 14.5 Å². The maximum absolute atomic E-state index is 12.7. The van der Waals surface area contributed by atoms with Gasteiger partial charge in [0.25, 0.3) is 5.91 Å². The van der Waals surface area contributed by atoms with E-state index in [0.717, 1.165) is 19.3 Å². The third-order valence-electron chi connectivity index (χ3n) is 5.85. The first-order chi connectivity index (χ1) is 16.1. The van der Waals surface area contributed by atoms with E-state index >= 15 is 0 Å². The van der Waals surface area contributed by atoms with Gasteiger partial charge in [0.05, 0.1) is 18.5 Å². The number of carbonyl (C=O) groups is 1. The van der Waals surface area contributed by atoms with Crippen molar-refractivity contribution in [3.63, 3.8) is 0 Å². The summed E-state index contributed by atoms with van der Waals surface area (Å²) in [5.74, 6) is 0.473. The van der Waals surface area contributed by atoms with Gasteiger partial charge in [0.1, 0.15) is 17.5 Å². The van der Waals surface area contributed by atoms with Crippen LogP contribution in [0.1, 0.15) is 13.8 Å². The van der Waals surface area contributed by atoms with Gasteiger partial charge in [0.2, 0.25) is 10.0 Å². The van der Waals surface area contributed by atoms with E-state index < -0.39 is 22.0 Å². The highest BCUT2D eigenvalue weighted by Gasteiger charge is 2.33. The molecule has 0 unspecified atom stereocenters. The number of rotatable bonds is 9. The summed E-state index contributed by atoms with van der Waals surface area (Å²) in [6.07, 6.45) is 1.09. The van der Waals surface area contributed by atoms with Crippen molar-refractivity contribution in [1.29, 1.82) is 0 Å². The van der Waals surface area contributed by atoms with Crippen molar-refractivity contribution in [2.75, 3.05) is 43.3 Å². The molecular weight excluding hydrogens is 480 g/mol. The van der Waals surface area contributed by atoms with Gasteiger partial charge in [-0.25, -0.2) is 13.9 Å². The molecule has 11 heteroatoms. The van der Waals surface area contributed by atoms with Crippen LogP contribution in [0.5, 0.6) is 11.5 Å². The fourth-order valence-corrected chi connectivity index (χ4v) is 4.96. The molecule has 0 aromatic heterocycles. The van der Waals surface area contributed by atoms with Crippen molar-refractivity contribution < 1.29 is 23.2 Å². The smallest absolute Gasteiger partial charge is 0.262 e. The normalized spacial score (nSPS) is 16.3. The van der Waals surface area contributed by atoms with Gasteiger partial charge < -0.3 is 4.74 Å². The Labute approximate surface area is 205 Å². The number of nitrogens with one attached hydrogen (secondary N) is 1. The molecule has 0 radical (unpaired) electrons. The van der Waals surface area contributed by atoms with Crippen LogP contribution in [0.15, 0.2) is 48.5 Å². The van der Waals surface area contributed by atoms with Crippen molar-refractivity contribution in [2.24, 2.45) is 0 Å². The Bertz CT molecular complexity index is 1060. The molecule has 34 heavy (non-hydrogen) atoms. The summed E-state index contributed by atoms with van der Waals surface area (Å²) in [5, 5.41) is 9.92. The van der Waals surface area contributed by atoms with E-state index in [-0.39, 0.29) is 6.54 Å². The third kappa shape index (κ3) is 6.83. The second-order valence-electron chi connectivity index (χ2n) is 8.50. The summed E-state index contributed by atoms with van der Waals surface area (Å²) in [5.41, 5.74) is 2.09. The van der Waals surface area contributed by atoms with Gasteiger partial charge >= 0.3 is 0 Å². The van der Waals surface area contributed by atoms with Crippen LogP contribution in [0.25, 0.3) is 0 Å². The fourth-order valence-electron chi connectivity index (χ4n) is 3.91. The zero-order valence-corrected chi connectivity index (χ0v) is 21.1. The number of nitrogens with zero attached hydrogens (tertiary/aromatic N) is 3. The summed E-state index contributed by atoms with van der Waals surface area (Å²) in [4.78, 5) is 16.7. The monoisotopic (exact) mass is 510 g/mol. The molecule has 2 aromatic rings. The van der Waals surface area contributed by atoms with Crippen molar-refractivity contribution >= 4 is 33.2 Å². The fraction of sp³-hybridized carbons (Fsp3) is 0.435. The Balaban J connectivity index is 1.78. The molecule has 0 aliphatic carbocycles. The molecule has 0 bridgehead atoms. The van der Waals surface area contributed by atoms with E-state index in [4.69, 9.17) is 16.3 Å². The van der Waals surface area contributed by atoms with E-state index in [1.165, 1.54) is 4.31 Å². The lowest BCUT2D eigenvalue weighted by Gasteiger charge is -2.41. The average Bonchev–Trinajstić information content (AvgIpc) is 2.81. The molecule has 2 N–H and O–H groups in total. The SMILES string of the molecule is CC(C)N1CCN([C@@H](CN(c2ccc(Oc3ccc(Cl)cc3)cc2)S(C)(=O)=O)C(=O)NO)CC1. The van der Waals surface area contributed by atoms with Crippen LogP contribution in [-0.2, 0) is 14.8 Å². The predicted molar refractivity (Wildman–Crippen MR) is 132 cm³/mol. The largest absolute Gasteiger partial charge is 0.457 e. The number of halogens is 1. The van der Waals surface area contributed by atoms with Crippen molar-refractivity contribution in [2.45, 2.75) is 25.9 Å². The summed E-state index contributed by atoms with van der Waals surface area (Å²) in [6, 6.07) is 13.0. The van der Waals surface area contributed by atoms with Crippen LogP contribution in [0.4, 0.5) is 5.69 Å². The lowest BCUT2D eigenvalue weighted by atomic mass is 10.1. The molecule has 1 saturated heterocycles. The molecule has 3 rings (SSSR count). The van der Waals surface area contributed by atoms with E-state index in [1.807, 2.05) is 4.90 Å². The van der Waals surface area contributed by atoms with Crippen LogP contribution in [0.3, 0.4) is 0 Å². The molecule has 1 heterocycles. The van der Waals surface area contributed by atoms with Crippen LogP contribution >= 0.6 is 11.6 Å². The van der Waals surface area contributed by atoms with Crippen LogP contribution in [0, 0.1) is 0 Å². The minimum Gasteiger partial charge on any atom is -0.457 e. The second kappa shape index (κ2) is 11.4. The number of hydroxylamine groups is 1. The van der Waals surface area contributed by atoms with E-state index in [9.17, 15) is 18.4 Å². The first-order valence-electron chi connectivity index (χ1n) is 11.0. The number of amides is 1. The van der Waals surface area contributed by atoms with Gasteiger partial charge in [-0.15, -0.1) is 0 Å². The number of hydrogen-bond donors (Lipinski definition) is 2.